The van der Waals surface area contributed by atoms with Gasteiger partial charge in [0.1, 0.15) is 0 Å². The first kappa shape index (κ1) is 19.4. The number of anilines is 1. The summed E-state index contributed by atoms with van der Waals surface area (Å²) in [6.45, 7) is 5.96. The Kier molecular flexibility index (Phi) is 6.14. The maximum absolute atomic E-state index is 12.5. The lowest BCUT2D eigenvalue weighted by Gasteiger charge is -2.33. The highest BCUT2D eigenvalue weighted by Gasteiger charge is 2.25. The zero-order valence-corrected chi connectivity index (χ0v) is 16.2. The number of rotatable bonds is 4. The van der Waals surface area contributed by atoms with Crippen LogP contribution in [0.1, 0.15) is 56.3 Å². The molecule has 0 radical (unpaired) electrons. The SMILES string of the molecule is CC(C)C(=O)N1CCC(NC(=O)c2ccc(N3CCCCC3=O)cc2)CC1. The fraction of sp³-hybridized carbons (Fsp3) is 0.571. The number of hydrogen-bond donors (Lipinski definition) is 1. The molecule has 2 aliphatic rings. The third kappa shape index (κ3) is 4.67. The second-order valence-electron chi connectivity index (χ2n) is 7.78. The minimum Gasteiger partial charge on any atom is -0.349 e. The quantitative estimate of drug-likeness (QED) is 0.884. The molecule has 0 spiro atoms. The van der Waals surface area contributed by atoms with Gasteiger partial charge < -0.3 is 15.1 Å². The first-order valence-electron chi connectivity index (χ1n) is 9.96. The third-order valence-corrected chi connectivity index (χ3v) is 5.40. The topological polar surface area (TPSA) is 69.7 Å². The highest BCUT2D eigenvalue weighted by molar-refractivity contribution is 5.97. The highest BCUT2D eigenvalue weighted by atomic mass is 16.2. The summed E-state index contributed by atoms with van der Waals surface area (Å²) < 4.78 is 0. The van der Waals surface area contributed by atoms with Crippen LogP contribution in [0.15, 0.2) is 24.3 Å². The molecule has 0 aliphatic carbocycles. The van der Waals surface area contributed by atoms with Crippen LogP contribution in [-0.2, 0) is 9.59 Å². The molecule has 0 bridgehead atoms. The highest BCUT2D eigenvalue weighted by Crippen LogP contribution is 2.21. The number of piperidine rings is 2. The van der Waals surface area contributed by atoms with E-state index in [0.717, 1.165) is 37.9 Å². The predicted octanol–water partition coefficient (Wildman–Crippen LogP) is 2.58. The van der Waals surface area contributed by atoms with E-state index in [1.807, 2.05) is 30.9 Å². The van der Waals surface area contributed by atoms with Crippen molar-refractivity contribution >= 4 is 23.4 Å². The Hall–Kier alpha value is -2.37. The molecule has 6 nitrogen and oxygen atoms in total. The van der Waals surface area contributed by atoms with Gasteiger partial charge in [0.05, 0.1) is 0 Å². The van der Waals surface area contributed by atoms with Crippen LogP contribution in [0.5, 0.6) is 0 Å². The molecular formula is C21H29N3O3. The number of benzene rings is 1. The molecular weight excluding hydrogens is 342 g/mol. The lowest BCUT2D eigenvalue weighted by Crippen LogP contribution is -2.47. The average Bonchev–Trinajstić information content (AvgIpc) is 2.68. The molecule has 2 saturated heterocycles. The molecule has 2 aliphatic heterocycles. The Morgan fingerprint density at radius 3 is 2.30 bits per heavy atom. The lowest BCUT2D eigenvalue weighted by molar-refractivity contribution is -0.135. The molecule has 2 fully saturated rings. The van der Waals surface area contributed by atoms with Crippen molar-refractivity contribution in [3.05, 3.63) is 29.8 Å². The van der Waals surface area contributed by atoms with Crippen molar-refractivity contribution in [2.75, 3.05) is 24.5 Å². The Balaban J connectivity index is 1.53. The molecule has 1 N–H and O–H groups in total. The number of amides is 3. The minimum atomic E-state index is -0.0971. The van der Waals surface area contributed by atoms with Gasteiger partial charge in [-0.3, -0.25) is 14.4 Å². The van der Waals surface area contributed by atoms with Crippen LogP contribution in [0.3, 0.4) is 0 Å². The van der Waals surface area contributed by atoms with E-state index in [4.69, 9.17) is 0 Å². The van der Waals surface area contributed by atoms with E-state index in [1.54, 1.807) is 17.0 Å². The fourth-order valence-corrected chi connectivity index (χ4v) is 3.75. The zero-order valence-electron chi connectivity index (χ0n) is 16.2. The second-order valence-corrected chi connectivity index (χ2v) is 7.78. The minimum absolute atomic E-state index is 0.0152. The van der Waals surface area contributed by atoms with E-state index in [9.17, 15) is 14.4 Å². The van der Waals surface area contributed by atoms with Gasteiger partial charge in [-0.1, -0.05) is 13.8 Å². The average molecular weight is 371 g/mol. The van der Waals surface area contributed by atoms with E-state index in [1.165, 1.54) is 0 Å². The lowest BCUT2D eigenvalue weighted by atomic mass is 10.0. The fourth-order valence-electron chi connectivity index (χ4n) is 3.75. The van der Waals surface area contributed by atoms with E-state index < -0.39 is 0 Å². The smallest absolute Gasteiger partial charge is 0.251 e. The van der Waals surface area contributed by atoms with Gasteiger partial charge >= 0.3 is 0 Å². The summed E-state index contributed by atoms with van der Waals surface area (Å²) in [5, 5.41) is 3.07. The maximum atomic E-state index is 12.5. The molecule has 146 valence electrons. The van der Waals surface area contributed by atoms with Gasteiger partial charge in [-0.2, -0.15) is 0 Å². The number of nitrogens with zero attached hydrogens (tertiary/aromatic N) is 2. The molecule has 0 aromatic heterocycles. The van der Waals surface area contributed by atoms with Crippen LogP contribution in [-0.4, -0.2) is 48.3 Å². The summed E-state index contributed by atoms with van der Waals surface area (Å²) in [7, 11) is 0. The molecule has 0 atom stereocenters. The van der Waals surface area contributed by atoms with Gasteiger partial charge in [0.15, 0.2) is 0 Å². The molecule has 0 saturated carbocycles. The van der Waals surface area contributed by atoms with Gasteiger partial charge in [-0.05, 0) is 49.9 Å². The van der Waals surface area contributed by atoms with Crippen LogP contribution in [0, 0.1) is 5.92 Å². The number of nitrogens with one attached hydrogen (secondary N) is 1. The van der Waals surface area contributed by atoms with Crippen molar-refractivity contribution in [2.24, 2.45) is 5.92 Å². The van der Waals surface area contributed by atoms with Gasteiger partial charge in [0, 0.05) is 49.3 Å². The molecule has 6 heteroatoms. The summed E-state index contributed by atoms with van der Waals surface area (Å²) >= 11 is 0. The number of hydrogen-bond acceptors (Lipinski definition) is 3. The first-order chi connectivity index (χ1) is 13.0. The molecule has 0 unspecified atom stereocenters. The van der Waals surface area contributed by atoms with Crippen molar-refractivity contribution < 1.29 is 14.4 Å². The predicted molar refractivity (Wildman–Crippen MR) is 105 cm³/mol. The number of carbonyl (C=O) groups excluding carboxylic acids is 3. The second kappa shape index (κ2) is 8.55. The standard InChI is InChI=1S/C21H29N3O3/c1-15(2)21(27)23-13-10-17(11-14-23)22-20(26)16-6-8-18(9-7-16)24-12-4-3-5-19(24)25/h6-9,15,17H,3-5,10-14H2,1-2H3,(H,22,26). The molecule has 1 aromatic carbocycles. The van der Waals surface area contributed by atoms with E-state index in [2.05, 4.69) is 5.32 Å². The van der Waals surface area contributed by atoms with E-state index in [0.29, 0.717) is 25.1 Å². The Morgan fingerprint density at radius 2 is 1.70 bits per heavy atom. The van der Waals surface area contributed by atoms with E-state index >= 15 is 0 Å². The largest absolute Gasteiger partial charge is 0.349 e. The van der Waals surface area contributed by atoms with Crippen LogP contribution >= 0.6 is 0 Å². The molecule has 27 heavy (non-hydrogen) atoms. The maximum Gasteiger partial charge on any atom is 0.251 e. The van der Waals surface area contributed by atoms with Crippen molar-refractivity contribution in [3.63, 3.8) is 0 Å². The third-order valence-electron chi connectivity index (χ3n) is 5.40. The summed E-state index contributed by atoms with van der Waals surface area (Å²) in [4.78, 5) is 40.3. The summed E-state index contributed by atoms with van der Waals surface area (Å²) in [5.74, 6) is 0.255. The van der Waals surface area contributed by atoms with E-state index in [-0.39, 0.29) is 29.7 Å². The van der Waals surface area contributed by atoms with Crippen LogP contribution in [0.4, 0.5) is 5.69 Å². The molecule has 2 heterocycles. The van der Waals surface area contributed by atoms with Gasteiger partial charge in [0.25, 0.3) is 5.91 Å². The summed E-state index contributed by atoms with van der Waals surface area (Å²) in [6.07, 6.45) is 4.14. The van der Waals surface area contributed by atoms with Gasteiger partial charge in [0.2, 0.25) is 11.8 Å². The van der Waals surface area contributed by atoms with Gasteiger partial charge in [-0.15, -0.1) is 0 Å². The summed E-state index contributed by atoms with van der Waals surface area (Å²) in [5.41, 5.74) is 1.46. The van der Waals surface area contributed by atoms with Gasteiger partial charge in [-0.25, -0.2) is 0 Å². The Bertz CT molecular complexity index is 691. The number of likely N-dealkylation sites (tertiary alicyclic amines) is 1. The van der Waals surface area contributed by atoms with Crippen molar-refractivity contribution in [2.45, 2.75) is 52.0 Å². The van der Waals surface area contributed by atoms with Crippen molar-refractivity contribution in [3.8, 4) is 0 Å². The van der Waals surface area contributed by atoms with Crippen LogP contribution in [0.25, 0.3) is 0 Å². The zero-order chi connectivity index (χ0) is 19.4. The van der Waals surface area contributed by atoms with Crippen LogP contribution < -0.4 is 10.2 Å². The van der Waals surface area contributed by atoms with Crippen molar-refractivity contribution in [1.29, 1.82) is 0 Å². The van der Waals surface area contributed by atoms with Crippen LogP contribution in [0.2, 0.25) is 0 Å². The first-order valence-corrected chi connectivity index (χ1v) is 9.96. The molecule has 3 amide bonds. The Labute approximate surface area is 160 Å². The molecule has 3 rings (SSSR count). The monoisotopic (exact) mass is 371 g/mol. The number of carbonyl (C=O) groups is 3. The Morgan fingerprint density at radius 1 is 1.04 bits per heavy atom. The molecule has 1 aromatic rings. The van der Waals surface area contributed by atoms with Crippen molar-refractivity contribution in [1.82, 2.24) is 10.2 Å². The summed E-state index contributed by atoms with van der Waals surface area (Å²) in [6, 6.07) is 7.36. The normalized spacial score (nSPS) is 18.7.